The fraction of sp³-hybridized carbons (Fsp3) is 0.857. The van der Waals surface area contributed by atoms with Crippen LogP contribution in [0.5, 0.6) is 0 Å². The molecule has 1 aliphatic carbocycles. The average Bonchev–Trinajstić information content (AvgIpc) is 2.68. The van der Waals surface area contributed by atoms with Crippen molar-refractivity contribution in [3.05, 3.63) is 0 Å². The molecule has 1 fully saturated rings. The minimum Gasteiger partial charge on any atom is -0.344 e. The van der Waals surface area contributed by atoms with Crippen LogP contribution in [0.25, 0.3) is 0 Å². The summed E-state index contributed by atoms with van der Waals surface area (Å²) in [7, 11) is 1.81. The van der Waals surface area contributed by atoms with Crippen LogP contribution >= 0.6 is 11.6 Å². The fourth-order valence-corrected chi connectivity index (χ4v) is 1.13. The van der Waals surface area contributed by atoms with Crippen LogP contribution < -0.4 is 0 Å². The van der Waals surface area contributed by atoms with Gasteiger partial charge in [0.2, 0.25) is 5.91 Å². The van der Waals surface area contributed by atoms with Crippen molar-refractivity contribution in [2.24, 2.45) is 5.92 Å². The Labute approximate surface area is 66.1 Å². The normalized spacial score (nSPS) is 17.0. The van der Waals surface area contributed by atoms with E-state index in [2.05, 4.69) is 0 Å². The first kappa shape index (κ1) is 7.86. The first-order valence-electron chi connectivity index (χ1n) is 3.56. The van der Waals surface area contributed by atoms with Gasteiger partial charge in [-0.25, -0.2) is 0 Å². The number of amides is 1. The predicted molar refractivity (Wildman–Crippen MR) is 41.1 cm³/mol. The molecule has 0 aromatic rings. The average molecular weight is 162 g/mol. The molecule has 3 heteroatoms. The maximum atomic E-state index is 11.2. The minimum atomic E-state index is 0.264. The van der Waals surface area contributed by atoms with E-state index in [0.29, 0.717) is 18.3 Å². The Bertz CT molecular complexity index is 134. The number of hydrogen-bond acceptors (Lipinski definition) is 1. The summed E-state index contributed by atoms with van der Waals surface area (Å²) in [6.45, 7) is 0.677. The van der Waals surface area contributed by atoms with Crippen molar-refractivity contribution in [3.63, 3.8) is 0 Å². The summed E-state index contributed by atoms with van der Waals surface area (Å²) >= 11 is 5.47. The van der Waals surface area contributed by atoms with Crippen LogP contribution in [0.3, 0.4) is 0 Å². The summed E-state index contributed by atoms with van der Waals surface area (Å²) in [6.07, 6.45) is 2.15. The lowest BCUT2D eigenvalue weighted by atomic mass is 10.3. The number of alkyl halides is 1. The number of nitrogens with zero attached hydrogens (tertiary/aromatic N) is 1. The standard InChI is InChI=1S/C7H12ClNO/c1-9(5-4-8)7(10)6-2-3-6/h6H,2-5H2,1H3. The zero-order valence-electron chi connectivity index (χ0n) is 6.14. The number of rotatable bonds is 3. The topological polar surface area (TPSA) is 20.3 Å². The van der Waals surface area contributed by atoms with Gasteiger partial charge in [-0.15, -0.1) is 11.6 Å². The quantitative estimate of drug-likeness (QED) is 0.568. The SMILES string of the molecule is CN(CCCl)C(=O)C1CC1. The summed E-state index contributed by atoms with van der Waals surface area (Å²) < 4.78 is 0. The third kappa shape index (κ3) is 1.87. The summed E-state index contributed by atoms with van der Waals surface area (Å²) in [5.74, 6) is 1.13. The molecule has 0 heterocycles. The molecule has 10 heavy (non-hydrogen) atoms. The van der Waals surface area contributed by atoms with Gasteiger partial charge in [-0.2, -0.15) is 0 Å². The van der Waals surface area contributed by atoms with Crippen molar-refractivity contribution in [3.8, 4) is 0 Å². The molecule has 0 unspecified atom stereocenters. The molecule has 0 radical (unpaired) electrons. The van der Waals surface area contributed by atoms with Crippen molar-refractivity contribution in [1.29, 1.82) is 0 Å². The molecule has 0 bridgehead atoms. The van der Waals surface area contributed by atoms with Crippen molar-refractivity contribution < 1.29 is 4.79 Å². The maximum absolute atomic E-state index is 11.2. The molecule has 1 saturated carbocycles. The van der Waals surface area contributed by atoms with E-state index in [1.165, 1.54) is 0 Å². The van der Waals surface area contributed by atoms with Gasteiger partial charge < -0.3 is 4.90 Å². The Kier molecular flexibility index (Phi) is 2.55. The Morgan fingerprint density at radius 3 is 2.70 bits per heavy atom. The molecule has 0 aliphatic heterocycles. The largest absolute Gasteiger partial charge is 0.344 e. The van der Waals surface area contributed by atoms with E-state index in [9.17, 15) is 4.79 Å². The van der Waals surface area contributed by atoms with Crippen molar-refractivity contribution in [1.82, 2.24) is 4.90 Å². The van der Waals surface area contributed by atoms with E-state index < -0.39 is 0 Å². The van der Waals surface area contributed by atoms with Crippen molar-refractivity contribution in [2.75, 3.05) is 19.5 Å². The Morgan fingerprint density at radius 1 is 1.70 bits per heavy atom. The van der Waals surface area contributed by atoms with E-state index in [-0.39, 0.29) is 5.91 Å². The van der Waals surface area contributed by atoms with Crippen LogP contribution in [-0.4, -0.2) is 30.3 Å². The Hall–Kier alpha value is -0.240. The monoisotopic (exact) mass is 161 g/mol. The van der Waals surface area contributed by atoms with Crippen LogP contribution in [0.15, 0.2) is 0 Å². The fourth-order valence-electron chi connectivity index (χ4n) is 0.879. The van der Waals surface area contributed by atoms with Gasteiger partial charge in [0.1, 0.15) is 0 Å². The van der Waals surface area contributed by atoms with Gasteiger partial charge in [0.15, 0.2) is 0 Å². The Balaban J connectivity index is 2.24. The van der Waals surface area contributed by atoms with E-state index in [4.69, 9.17) is 11.6 Å². The second-order valence-electron chi connectivity index (χ2n) is 2.72. The molecule has 1 rings (SSSR count). The first-order valence-corrected chi connectivity index (χ1v) is 4.10. The molecule has 0 spiro atoms. The highest BCUT2D eigenvalue weighted by atomic mass is 35.5. The molecule has 1 aliphatic rings. The highest BCUT2D eigenvalue weighted by molar-refractivity contribution is 6.18. The third-order valence-corrected chi connectivity index (χ3v) is 1.89. The number of halogens is 1. The molecule has 0 atom stereocenters. The summed E-state index contributed by atoms with van der Waals surface area (Å²) in [4.78, 5) is 12.9. The molecule has 0 aromatic carbocycles. The highest BCUT2D eigenvalue weighted by Gasteiger charge is 2.31. The lowest BCUT2D eigenvalue weighted by Gasteiger charge is -2.14. The Morgan fingerprint density at radius 2 is 2.30 bits per heavy atom. The highest BCUT2D eigenvalue weighted by Crippen LogP contribution is 2.30. The van der Waals surface area contributed by atoms with E-state index in [1.807, 2.05) is 7.05 Å². The zero-order chi connectivity index (χ0) is 7.56. The third-order valence-electron chi connectivity index (χ3n) is 1.72. The zero-order valence-corrected chi connectivity index (χ0v) is 6.90. The van der Waals surface area contributed by atoms with Crippen molar-refractivity contribution in [2.45, 2.75) is 12.8 Å². The summed E-state index contributed by atoms with van der Waals surface area (Å²) in [5.41, 5.74) is 0. The van der Waals surface area contributed by atoms with Gasteiger partial charge in [-0.1, -0.05) is 0 Å². The lowest BCUT2D eigenvalue weighted by molar-refractivity contribution is -0.130. The summed E-state index contributed by atoms with van der Waals surface area (Å²) in [5, 5.41) is 0. The molecular weight excluding hydrogens is 150 g/mol. The lowest BCUT2D eigenvalue weighted by Crippen LogP contribution is -2.29. The molecule has 0 saturated heterocycles. The van der Waals surface area contributed by atoms with Gasteiger partial charge >= 0.3 is 0 Å². The minimum absolute atomic E-state index is 0.264. The second-order valence-corrected chi connectivity index (χ2v) is 3.10. The molecule has 0 N–H and O–H groups in total. The van der Waals surface area contributed by atoms with Crippen LogP contribution in [0.1, 0.15) is 12.8 Å². The van der Waals surface area contributed by atoms with Crippen LogP contribution in [0.4, 0.5) is 0 Å². The predicted octanol–water partition coefficient (Wildman–Crippen LogP) is 1.09. The van der Waals surface area contributed by atoms with Gasteiger partial charge in [0.25, 0.3) is 0 Å². The molecule has 1 amide bonds. The smallest absolute Gasteiger partial charge is 0.225 e. The molecule has 0 aromatic heterocycles. The second kappa shape index (κ2) is 3.24. The maximum Gasteiger partial charge on any atom is 0.225 e. The van der Waals surface area contributed by atoms with Crippen LogP contribution in [0, 0.1) is 5.92 Å². The van der Waals surface area contributed by atoms with Gasteiger partial charge in [0, 0.05) is 25.4 Å². The van der Waals surface area contributed by atoms with Gasteiger partial charge in [-0.3, -0.25) is 4.79 Å². The molecule has 58 valence electrons. The van der Waals surface area contributed by atoms with Gasteiger partial charge in [0.05, 0.1) is 0 Å². The number of carbonyl (C=O) groups excluding carboxylic acids is 1. The van der Waals surface area contributed by atoms with Crippen molar-refractivity contribution >= 4 is 17.5 Å². The van der Waals surface area contributed by atoms with E-state index in [0.717, 1.165) is 12.8 Å². The van der Waals surface area contributed by atoms with Crippen LogP contribution in [0.2, 0.25) is 0 Å². The number of hydrogen-bond donors (Lipinski definition) is 0. The summed E-state index contributed by atoms with van der Waals surface area (Å²) in [6, 6.07) is 0. The van der Waals surface area contributed by atoms with E-state index >= 15 is 0 Å². The van der Waals surface area contributed by atoms with Gasteiger partial charge in [-0.05, 0) is 12.8 Å². The number of carbonyl (C=O) groups is 1. The van der Waals surface area contributed by atoms with Crippen LogP contribution in [-0.2, 0) is 4.79 Å². The van der Waals surface area contributed by atoms with E-state index in [1.54, 1.807) is 4.90 Å². The molecule has 2 nitrogen and oxygen atoms in total. The molecular formula is C7H12ClNO. The first-order chi connectivity index (χ1) is 4.75.